The van der Waals surface area contributed by atoms with Gasteiger partial charge in [-0.05, 0) is 37.6 Å². The van der Waals surface area contributed by atoms with E-state index in [1.807, 2.05) is 6.08 Å². The lowest BCUT2D eigenvalue weighted by Crippen LogP contribution is -2.36. The van der Waals surface area contributed by atoms with Gasteiger partial charge < -0.3 is 14.5 Å². The summed E-state index contributed by atoms with van der Waals surface area (Å²) in [7, 11) is 2.07. The molecule has 1 fully saturated rings. The van der Waals surface area contributed by atoms with Gasteiger partial charge >= 0.3 is 0 Å². The lowest BCUT2D eigenvalue weighted by Gasteiger charge is -2.28. The van der Waals surface area contributed by atoms with Crippen molar-refractivity contribution in [1.29, 1.82) is 0 Å². The Morgan fingerprint density at radius 2 is 2.14 bits per heavy atom. The van der Waals surface area contributed by atoms with Gasteiger partial charge in [0.2, 0.25) is 5.90 Å². The van der Waals surface area contributed by atoms with Crippen molar-refractivity contribution in [3.05, 3.63) is 46.5 Å². The molecule has 3 rings (SSSR count). The molecule has 4 nitrogen and oxygen atoms in total. The summed E-state index contributed by atoms with van der Waals surface area (Å²) >= 11 is 5.84. The summed E-state index contributed by atoms with van der Waals surface area (Å²) < 4.78 is 19.0. The fourth-order valence-electron chi connectivity index (χ4n) is 2.74. The Kier molecular flexibility index (Phi) is 3.77. The molecule has 118 valence electrons. The van der Waals surface area contributed by atoms with E-state index in [0.29, 0.717) is 23.2 Å². The van der Waals surface area contributed by atoms with E-state index in [-0.39, 0.29) is 18.0 Å². The standard InChI is InChI=1S/C16H19ClFN3O/c1-16(2)9-21-10-19-14(7-15(21)20(16)3)22-8-11-4-12(17)6-13(18)5-11/h4-7H,8-10H2,1-3H3. The third-order valence-electron chi connectivity index (χ3n) is 4.11. The zero-order chi connectivity index (χ0) is 15.9. The summed E-state index contributed by atoms with van der Waals surface area (Å²) in [5, 5.41) is 0.367. The second-order valence-corrected chi connectivity index (χ2v) is 6.71. The lowest BCUT2D eigenvalue weighted by molar-refractivity contribution is 0.261. The van der Waals surface area contributed by atoms with Crippen LogP contribution in [0, 0.1) is 5.82 Å². The molecule has 2 heterocycles. The van der Waals surface area contributed by atoms with Gasteiger partial charge in [-0.25, -0.2) is 9.38 Å². The van der Waals surface area contributed by atoms with Gasteiger partial charge in [-0.15, -0.1) is 0 Å². The predicted molar refractivity (Wildman–Crippen MR) is 85.1 cm³/mol. The Hall–Kier alpha value is -1.75. The van der Waals surface area contributed by atoms with Crippen molar-refractivity contribution >= 4 is 17.5 Å². The number of hydrogen-bond acceptors (Lipinski definition) is 4. The lowest BCUT2D eigenvalue weighted by atomic mass is 10.1. The molecule has 1 saturated heterocycles. The molecule has 0 atom stereocenters. The summed E-state index contributed by atoms with van der Waals surface area (Å²) in [6, 6.07) is 4.39. The predicted octanol–water partition coefficient (Wildman–Crippen LogP) is 3.23. The third-order valence-corrected chi connectivity index (χ3v) is 4.33. The maximum atomic E-state index is 13.3. The summed E-state index contributed by atoms with van der Waals surface area (Å²) in [6.07, 6.45) is 1.93. The summed E-state index contributed by atoms with van der Waals surface area (Å²) in [6.45, 7) is 6.15. The molecule has 0 unspecified atom stereocenters. The van der Waals surface area contributed by atoms with Crippen molar-refractivity contribution in [3.63, 3.8) is 0 Å². The van der Waals surface area contributed by atoms with E-state index in [4.69, 9.17) is 16.3 Å². The average molecular weight is 324 g/mol. The minimum atomic E-state index is -0.363. The topological polar surface area (TPSA) is 28.1 Å². The second kappa shape index (κ2) is 5.47. The molecule has 0 aromatic heterocycles. The van der Waals surface area contributed by atoms with Crippen molar-refractivity contribution in [1.82, 2.24) is 9.80 Å². The average Bonchev–Trinajstić information content (AvgIpc) is 2.66. The van der Waals surface area contributed by atoms with Gasteiger partial charge in [-0.3, -0.25) is 0 Å². The van der Waals surface area contributed by atoms with Gasteiger partial charge in [0.05, 0.1) is 5.54 Å². The largest absolute Gasteiger partial charge is 0.473 e. The first-order valence-corrected chi connectivity index (χ1v) is 7.56. The zero-order valence-electron chi connectivity index (χ0n) is 12.9. The monoisotopic (exact) mass is 323 g/mol. The zero-order valence-corrected chi connectivity index (χ0v) is 13.7. The van der Waals surface area contributed by atoms with Gasteiger partial charge in [0.25, 0.3) is 0 Å². The number of halogens is 2. The van der Waals surface area contributed by atoms with E-state index >= 15 is 0 Å². The Labute approximate surface area is 134 Å². The number of likely N-dealkylation sites (N-methyl/N-ethyl adjacent to an activating group) is 1. The van der Waals surface area contributed by atoms with Crippen LogP contribution in [0.3, 0.4) is 0 Å². The molecule has 6 heteroatoms. The van der Waals surface area contributed by atoms with E-state index in [1.54, 1.807) is 6.07 Å². The van der Waals surface area contributed by atoms with E-state index in [0.717, 1.165) is 12.4 Å². The van der Waals surface area contributed by atoms with Gasteiger partial charge in [0.1, 0.15) is 24.9 Å². The number of ether oxygens (including phenoxy) is 1. The van der Waals surface area contributed by atoms with Crippen LogP contribution in [0.25, 0.3) is 0 Å². The maximum absolute atomic E-state index is 13.3. The molecule has 0 N–H and O–H groups in total. The van der Waals surface area contributed by atoms with Crippen molar-refractivity contribution < 1.29 is 9.13 Å². The molecule has 22 heavy (non-hydrogen) atoms. The molecule has 0 aliphatic carbocycles. The van der Waals surface area contributed by atoms with Gasteiger partial charge in [0, 0.05) is 24.7 Å². The molecule has 0 radical (unpaired) electrons. The smallest absolute Gasteiger partial charge is 0.214 e. The number of nitrogens with zero attached hydrogens (tertiary/aromatic N) is 3. The van der Waals surface area contributed by atoms with E-state index in [1.165, 1.54) is 12.1 Å². The highest BCUT2D eigenvalue weighted by Crippen LogP contribution is 2.31. The summed E-state index contributed by atoms with van der Waals surface area (Å²) in [5.74, 6) is 1.31. The summed E-state index contributed by atoms with van der Waals surface area (Å²) in [5.41, 5.74) is 0.765. The maximum Gasteiger partial charge on any atom is 0.214 e. The third kappa shape index (κ3) is 2.90. The molecule has 0 amide bonds. The minimum absolute atomic E-state index is 0.0763. The SMILES string of the molecule is CN1C2=CC(OCc3cc(F)cc(Cl)c3)=NCN2CC1(C)C. The van der Waals surface area contributed by atoms with Crippen LogP contribution in [0.1, 0.15) is 19.4 Å². The Balaban J connectivity index is 1.70. The number of hydrogen-bond donors (Lipinski definition) is 0. The second-order valence-electron chi connectivity index (χ2n) is 6.28. The van der Waals surface area contributed by atoms with Crippen LogP contribution in [0.5, 0.6) is 0 Å². The van der Waals surface area contributed by atoms with Gasteiger partial charge in [-0.1, -0.05) is 11.6 Å². The first-order chi connectivity index (χ1) is 10.3. The highest BCUT2D eigenvalue weighted by Gasteiger charge is 2.38. The molecule has 1 aromatic carbocycles. The van der Waals surface area contributed by atoms with Crippen LogP contribution in [0.15, 0.2) is 35.1 Å². The highest BCUT2D eigenvalue weighted by atomic mass is 35.5. The van der Waals surface area contributed by atoms with Crippen LogP contribution < -0.4 is 0 Å². The molecule has 0 spiro atoms. The quantitative estimate of drug-likeness (QED) is 0.836. The fraction of sp³-hybridized carbons (Fsp3) is 0.438. The molecule has 2 aliphatic heterocycles. The van der Waals surface area contributed by atoms with Crippen LogP contribution >= 0.6 is 11.6 Å². The molecular formula is C16H19ClFN3O. The normalized spacial score (nSPS) is 19.7. The Morgan fingerprint density at radius 1 is 1.36 bits per heavy atom. The van der Waals surface area contributed by atoms with Crippen molar-refractivity contribution in [2.24, 2.45) is 4.99 Å². The number of aliphatic imine (C=N–C) groups is 1. The van der Waals surface area contributed by atoms with Crippen LogP contribution in [-0.2, 0) is 11.3 Å². The molecule has 0 saturated carbocycles. The molecular weight excluding hydrogens is 305 g/mol. The fourth-order valence-corrected chi connectivity index (χ4v) is 2.98. The number of fused-ring (bicyclic) bond motifs is 1. The Bertz CT molecular complexity index is 637. The highest BCUT2D eigenvalue weighted by molar-refractivity contribution is 6.30. The minimum Gasteiger partial charge on any atom is -0.473 e. The van der Waals surface area contributed by atoms with Gasteiger partial charge in [0.15, 0.2) is 0 Å². The Morgan fingerprint density at radius 3 is 2.86 bits per heavy atom. The van der Waals surface area contributed by atoms with E-state index in [9.17, 15) is 4.39 Å². The first kappa shape index (κ1) is 15.2. The van der Waals surface area contributed by atoms with Crippen molar-refractivity contribution in [2.75, 3.05) is 20.3 Å². The van der Waals surface area contributed by atoms with E-state index in [2.05, 4.69) is 35.7 Å². The number of rotatable bonds is 2. The molecule has 1 aromatic rings. The van der Waals surface area contributed by atoms with E-state index < -0.39 is 0 Å². The molecule has 0 bridgehead atoms. The van der Waals surface area contributed by atoms with Crippen molar-refractivity contribution in [3.8, 4) is 0 Å². The first-order valence-electron chi connectivity index (χ1n) is 7.18. The number of benzene rings is 1. The van der Waals surface area contributed by atoms with Gasteiger partial charge in [-0.2, -0.15) is 0 Å². The van der Waals surface area contributed by atoms with Crippen LogP contribution in [0.4, 0.5) is 4.39 Å². The van der Waals surface area contributed by atoms with Crippen LogP contribution in [0.2, 0.25) is 5.02 Å². The molecule has 2 aliphatic rings. The van der Waals surface area contributed by atoms with Crippen LogP contribution in [-0.4, -0.2) is 41.5 Å². The summed E-state index contributed by atoms with van der Waals surface area (Å²) in [4.78, 5) is 8.86. The van der Waals surface area contributed by atoms with Crippen molar-refractivity contribution in [2.45, 2.75) is 26.0 Å².